The molecule has 7 nitrogen and oxygen atoms in total. The Balaban J connectivity index is 1.58. The summed E-state index contributed by atoms with van der Waals surface area (Å²) < 4.78 is 7.18. The lowest BCUT2D eigenvalue weighted by Crippen LogP contribution is -2.19. The molecule has 1 atom stereocenters. The molecule has 0 aromatic carbocycles. The highest BCUT2D eigenvalue weighted by atomic mass is 35.5. The van der Waals surface area contributed by atoms with Gasteiger partial charge in [-0.05, 0) is 36.5 Å². The maximum atomic E-state index is 12.8. The Morgan fingerprint density at radius 3 is 2.83 bits per heavy atom. The van der Waals surface area contributed by atoms with Gasteiger partial charge in [0.2, 0.25) is 11.8 Å². The number of methoxy groups -OCH3 is 1. The van der Waals surface area contributed by atoms with Crippen LogP contribution in [0.2, 0.25) is 5.02 Å². The first-order valence-corrected chi connectivity index (χ1v) is 10.2. The monoisotopic (exact) mass is 425 g/mol. The Labute approximate surface area is 180 Å². The number of nitrogens with one attached hydrogen (secondary N) is 1. The zero-order valence-corrected chi connectivity index (χ0v) is 18.2. The molecule has 1 N–H and O–H groups in total. The molecule has 0 unspecified atom stereocenters. The zero-order chi connectivity index (χ0) is 21.5. The summed E-state index contributed by atoms with van der Waals surface area (Å²) in [6.07, 6.45) is 5.95. The molecule has 0 radical (unpaired) electrons. The van der Waals surface area contributed by atoms with Crippen molar-refractivity contribution in [2.45, 2.75) is 39.7 Å². The van der Waals surface area contributed by atoms with E-state index in [4.69, 9.17) is 16.3 Å². The lowest BCUT2D eigenvalue weighted by atomic mass is 9.89. The van der Waals surface area contributed by atoms with Gasteiger partial charge in [-0.25, -0.2) is 9.97 Å². The van der Waals surface area contributed by atoms with Crippen LogP contribution in [0.1, 0.15) is 37.9 Å². The van der Waals surface area contributed by atoms with E-state index in [1.165, 1.54) is 0 Å². The summed E-state index contributed by atoms with van der Waals surface area (Å²) in [6.45, 7) is 7.15. The molecule has 3 aromatic heterocycles. The molecule has 1 amide bonds. The normalized spacial score (nSPS) is 15.5. The van der Waals surface area contributed by atoms with Crippen LogP contribution in [-0.4, -0.2) is 32.8 Å². The minimum Gasteiger partial charge on any atom is -0.481 e. The molecular formula is C22H24ClN5O2. The SMILES string of the molecule is COc1cc([C@@H](C)C(=O)Nc2cc(-c3cnn4c3CC(C)(C)C4)c(Cl)cn2)ccn1. The fourth-order valence-corrected chi connectivity index (χ4v) is 3.98. The van der Waals surface area contributed by atoms with Crippen LogP contribution in [0.5, 0.6) is 5.88 Å². The number of hydrogen-bond donors (Lipinski definition) is 1. The summed E-state index contributed by atoms with van der Waals surface area (Å²) in [7, 11) is 1.55. The van der Waals surface area contributed by atoms with Crippen molar-refractivity contribution in [2.75, 3.05) is 12.4 Å². The molecule has 0 saturated heterocycles. The van der Waals surface area contributed by atoms with E-state index in [-0.39, 0.29) is 11.3 Å². The van der Waals surface area contributed by atoms with Crippen molar-refractivity contribution >= 4 is 23.3 Å². The molecule has 0 aliphatic carbocycles. The van der Waals surface area contributed by atoms with Crippen molar-refractivity contribution in [1.29, 1.82) is 0 Å². The van der Waals surface area contributed by atoms with Gasteiger partial charge in [0.25, 0.3) is 0 Å². The van der Waals surface area contributed by atoms with Crippen LogP contribution in [-0.2, 0) is 17.8 Å². The Kier molecular flexibility index (Phi) is 5.24. The third-order valence-corrected chi connectivity index (χ3v) is 5.73. The Bertz CT molecular complexity index is 1110. The number of amides is 1. The summed E-state index contributed by atoms with van der Waals surface area (Å²) in [4.78, 5) is 21.2. The van der Waals surface area contributed by atoms with Crippen LogP contribution in [0, 0.1) is 5.41 Å². The van der Waals surface area contributed by atoms with E-state index in [1.807, 2.05) is 23.9 Å². The number of anilines is 1. The molecule has 1 aliphatic heterocycles. The summed E-state index contributed by atoms with van der Waals surface area (Å²) in [5.74, 6) is 0.343. The second-order valence-electron chi connectivity index (χ2n) is 8.40. The number of fused-ring (bicyclic) bond motifs is 1. The van der Waals surface area contributed by atoms with Gasteiger partial charge in [-0.1, -0.05) is 25.4 Å². The van der Waals surface area contributed by atoms with Gasteiger partial charge in [0.1, 0.15) is 5.82 Å². The molecule has 0 bridgehead atoms. The highest BCUT2D eigenvalue weighted by Crippen LogP contribution is 2.39. The van der Waals surface area contributed by atoms with Crippen LogP contribution in [0.3, 0.4) is 0 Å². The van der Waals surface area contributed by atoms with E-state index in [0.29, 0.717) is 16.7 Å². The first-order chi connectivity index (χ1) is 14.3. The molecular weight excluding hydrogens is 402 g/mol. The molecule has 3 aromatic rings. The highest BCUT2D eigenvalue weighted by Gasteiger charge is 2.32. The van der Waals surface area contributed by atoms with Gasteiger partial charge in [0, 0.05) is 41.8 Å². The Morgan fingerprint density at radius 2 is 2.07 bits per heavy atom. The number of pyridine rings is 2. The minimum absolute atomic E-state index is 0.163. The van der Waals surface area contributed by atoms with Gasteiger partial charge in [0.15, 0.2) is 0 Å². The van der Waals surface area contributed by atoms with Gasteiger partial charge in [-0.3, -0.25) is 9.48 Å². The first kappa shape index (κ1) is 20.3. The van der Waals surface area contributed by atoms with Crippen LogP contribution < -0.4 is 10.1 Å². The van der Waals surface area contributed by atoms with Crippen molar-refractivity contribution in [3.8, 4) is 17.0 Å². The fraction of sp³-hybridized carbons (Fsp3) is 0.364. The van der Waals surface area contributed by atoms with Crippen molar-refractivity contribution in [3.63, 3.8) is 0 Å². The molecule has 4 heterocycles. The number of ether oxygens (including phenoxy) is 1. The van der Waals surface area contributed by atoms with E-state index in [1.54, 1.807) is 31.6 Å². The number of halogens is 1. The quantitative estimate of drug-likeness (QED) is 0.658. The lowest BCUT2D eigenvalue weighted by molar-refractivity contribution is -0.117. The maximum Gasteiger partial charge on any atom is 0.232 e. The van der Waals surface area contributed by atoms with Gasteiger partial charge < -0.3 is 10.1 Å². The summed E-state index contributed by atoms with van der Waals surface area (Å²) in [5, 5.41) is 7.94. The summed E-state index contributed by atoms with van der Waals surface area (Å²) in [5.41, 5.74) is 3.93. The number of rotatable bonds is 5. The van der Waals surface area contributed by atoms with E-state index < -0.39 is 5.92 Å². The second kappa shape index (κ2) is 7.72. The average molecular weight is 426 g/mol. The third kappa shape index (κ3) is 3.89. The number of carbonyl (C=O) groups is 1. The fourth-order valence-electron chi connectivity index (χ4n) is 3.78. The van der Waals surface area contributed by atoms with Gasteiger partial charge in [-0.15, -0.1) is 0 Å². The van der Waals surface area contributed by atoms with Crippen molar-refractivity contribution in [2.24, 2.45) is 5.41 Å². The molecule has 30 heavy (non-hydrogen) atoms. The lowest BCUT2D eigenvalue weighted by Gasteiger charge is -2.15. The molecule has 8 heteroatoms. The summed E-state index contributed by atoms with van der Waals surface area (Å²) >= 11 is 6.46. The van der Waals surface area contributed by atoms with Gasteiger partial charge in [0.05, 0.1) is 24.2 Å². The number of aromatic nitrogens is 4. The highest BCUT2D eigenvalue weighted by molar-refractivity contribution is 6.33. The van der Waals surface area contributed by atoms with E-state index in [9.17, 15) is 4.79 Å². The zero-order valence-electron chi connectivity index (χ0n) is 17.4. The van der Waals surface area contributed by atoms with Crippen molar-refractivity contribution in [3.05, 3.63) is 53.1 Å². The average Bonchev–Trinajstić information content (AvgIpc) is 3.23. The van der Waals surface area contributed by atoms with Crippen LogP contribution in [0.25, 0.3) is 11.1 Å². The molecule has 0 spiro atoms. The first-order valence-electron chi connectivity index (χ1n) is 9.79. The molecule has 0 fully saturated rings. The van der Waals surface area contributed by atoms with Gasteiger partial charge in [-0.2, -0.15) is 5.10 Å². The predicted octanol–water partition coefficient (Wildman–Crippen LogP) is 4.33. The number of nitrogens with zero attached hydrogens (tertiary/aromatic N) is 4. The molecule has 1 aliphatic rings. The molecule has 156 valence electrons. The number of carbonyl (C=O) groups excluding carboxylic acids is 1. The Morgan fingerprint density at radius 1 is 1.27 bits per heavy atom. The van der Waals surface area contributed by atoms with Gasteiger partial charge >= 0.3 is 0 Å². The maximum absolute atomic E-state index is 12.8. The van der Waals surface area contributed by atoms with Crippen molar-refractivity contribution < 1.29 is 9.53 Å². The van der Waals surface area contributed by atoms with E-state index in [0.717, 1.165) is 35.3 Å². The largest absolute Gasteiger partial charge is 0.481 e. The van der Waals surface area contributed by atoms with Crippen LogP contribution in [0.15, 0.2) is 36.8 Å². The minimum atomic E-state index is -0.399. The van der Waals surface area contributed by atoms with E-state index in [2.05, 4.69) is 34.2 Å². The molecule has 4 rings (SSSR count). The summed E-state index contributed by atoms with van der Waals surface area (Å²) in [6, 6.07) is 5.36. The standard InChI is InChI=1S/C22H24ClN5O2/c1-13(14-5-6-24-20(7-14)30-4)21(29)27-19-8-15(17(23)11-25-19)16-10-26-28-12-22(2,3)9-18(16)28/h5-8,10-11,13H,9,12H2,1-4H3,(H,25,27,29)/t13-/m1/s1. The Hall–Kier alpha value is -2.93. The smallest absolute Gasteiger partial charge is 0.232 e. The van der Waals surface area contributed by atoms with Crippen molar-refractivity contribution in [1.82, 2.24) is 19.7 Å². The third-order valence-electron chi connectivity index (χ3n) is 5.43. The second-order valence-corrected chi connectivity index (χ2v) is 8.80. The van der Waals surface area contributed by atoms with Crippen LogP contribution >= 0.6 is 11.6 Å². The number of hydrogen-bond acceptors (Lipinski definition) is 5. The predicted molar refractivity (Wildman–Crippen MR) is 116 cm³/mol. The topological polar surface area (TPSA) is 81.9 Å². The van der Waals surface area contributed by atoms with Crippen LogP contribution in [0.4, 0.5) is 5.82 Å². The van der Waals surface area contributed by atoms with E-state index >= 15 is 0 Å². The molecule has 0 saturated carbocycles.